The summed E-state index contributed by atoms with van der Waals surface area (Å²) in [5, 5.41) is 7.46. The number of carbonyl (C=O) groups is 1. The smallest absolute Gasteiger partial charge is 0.244 e. The lowest BCUT2D eigenvalue weighted by molar-refractivity contribution is -0.127. The molecule has 1 fully saturated rings. The summed E-state index contributed by atoms with van der Waals surface area (Å²) in [6.45, 7) is 7.78. The lowest BCUT2D eigenvalue weighted by Crippen LogP contribution is -2.52. The molecule has 31 heavy (non-hydrogen) atoms. The Balaban J connectivity index is 1.86. The van der Waals surface area contributed by atoms with Gasteiger partial charge in [-0.2, -0.15) is 9.40 Å². The van der Waals surface area contributed by atoms with Gasteiger partial charge in [0.15, 0.2) is 0 Å². The first-order valence-corrected chi connectivity index (χ1v) is 11.6. The second-order valence-corrected chi connectivity index (χ2v) is 9.77. The van der Waals surface area contributed by atoms with E-state index < -0.39 is 16.1 Å². The van der Waals surface area contributed by atoms with Crippen molar-refractivity contribution in [1.29, 1.82) is 0 Å². The number of aryl methyl sites for hydroxylation is 3. The van der Waals surface area contributed by atoms with Crippen molar-refractivity contribution in [3.63, 3.8) is 0 Å². The predicted octanol–water partition coefficient (Wildman–Crippen LogP) is 2.97. The van der Waals surface area contributed by atoms with E-state index in [1.54, 1.807) is 23.7 Å². The molecule has 1 amide bonds. The van der Waals surface area contributed by atoms with E-state index in [4.69, 9.17) is 0 Å². The summed E-state index contributed by atoms with van der Waals surface area (Å²) in [6, 6.07) is 14.0. The molecule has 1 aliphatic heterocycles. The third-order valence-corrected chi connectivity index (χ3v) is 7.73. The van der Waals surface area contributed by atoms with Crippen LogP contribution in [0.1, 0.15) is 34.1 Å². The van der Waals surface area contributed by atoms with E-state index >= 15 is 0 Å². The van der Waals surface area contributed by atoms with E-state index in [0.29, 0.717) is 16.8 Å². The van der Waals surface area contributed by atoms with Crippen molar-refractivity contribution < 1.29 is 13.2 Å². The number of piperazine rings is 1. The SMILES string of the molecule is Cc1ccc(C)c(S(=O)(=O)N2CCNC(=O)[C@@H]2c2c(C)nn(-c3ccccc3)c2C)c1. The molecule has 1 aromatic heterocycles. The fraction of sp³-hybridized carbons (Fsp3) is 0.304. The number of sulfonamides is 1. The lowest BCUT2D eigenvalue weighted by Gasteiger charge is -2.34. The van der Waals surface area contributed by atoms with E-state index in [0.717, 1.165) is 16.9 Å². The van der Waals surface area contributed by atoms with E-state index in [2.05, 4.69) is 10.4 Å². The van der Waals surface area contributed by atoms with Crippen LogP contribution < -0.4 is 5.32 Å². The van der Waals surface area contributed by atoms with Crippen LogP contribution in [-0.4, -0.2) is 41.5 Å². The molecule has 0 radical (unpaired) electrons. The summed E-state index contributed by atoms with van der Waals surface area (Å²) in [5.74, 6) is -0.334. The van der Waals surface area contributed by atoms with Gasteiger partial charge < -0.3 is 5.32 Å². The largest absolute Gasteiger partial charge is 0.353 e. The summed E-state index contributed by atoms with van der Waals surface area (Å²) in [5.41, 5.74) is 4.36. The summed E-state index contributed by atoms with van der Waals surface area (Å²) in [4.78, 5) is 13.3. The van der Waals surface area contributed by atoms with Crippen LogP contribution in [0.4, 0.5) is 0 Å². The average molecular weight is 439 g/mol. The number of carbonyl (C=O) groups excluding carboxylic acids is 1. The van der Waals surface area contributed by atoms with Crippen LogP contribution in [0.5, 0.6) is 0 Å². The van der Waals surface area contributed by atoms with Crippen LogP contribution in [-0.2, 0) is 14.8 Å². The zero-order chi connectivity index (χ0) is 22.3. The van der Waals surface area contributed by atoms with E-state index in [9.17, 15) is 13.2 Å². The molecule has 2 aromatic carbocycles. The van der Waals surface area contributed by atoms with Crippen LogP contribution in [0.25, 0.3) is 5.69 Å². The fourth-order valence-corrected chi connectivity index (χ4v) is 6.04. The van der Waals surface area contributed by atoms with Gasteiger partial charge >= 0.3 is 0 Å². The molecular weight excluding hydrogens is 412 g/mol. The van der Waals surface area contributed by atoms with Gasteiger partial charge in [-0.25, -0.2) is 13.1 Å². The summed E-state index contributed by atoms with van der Waals surface area (Å²) < 4.78 is 30.5. The monoisotopic (exact) mass is 438 g/mol. The first-order chi connectivity index (χ1) is 14.7. The number of para-hydroxylation sites is 1. The number of hydrogen-bond acceptors (Lipinski definition) is 4. The van der Waals surface area contributed by atoms with E-state index in [1.165, 1.54) is 4.31 Å². The molecule has 0 unspecified atom stereocenters. The Kier molecular flexibility index (Phi) is 5.45. The van der Waals surface area contributed by atoms with Gasteiger partial charge in [-0.15, -0.1) is 0 Å². The zero-order valence-corrected chi connectivity index (χ0v) is 18.9. The van der Waals surface area contributed by atoms with Crippen LogP contribution in [0.15, 0.2) is 53.4 Å². The Morgan fingerprint density at radius 1 is 1.03 bits per heavy atom. The van der Waals surface area contributed by atoms with E-state index in [1.807, 2.05) is 57.2 Å². The van der Waals surface area contributed by atoms with Gasteiger partial charge in [-0.3, -0.25) is 4.79 Å². The third-order valence-electron chi connectivity index (χ3n) is 5.72. The molecule has 8 heteroatoms. The van der Waals surface area contributed by atoms with Crippen LogP contribution in [0, 0.1) is 27.7 Å². The molecule has 0 bridgehead atoms. The molecule has 0 saturated carbocycles. The summed E-state index contributed by atoms with van der Waals surface area (Å²) in [7, 11) is -3.90. The van der Waals surface area contributed by atoms with Crippen molar-refractivity contribution in [3.8, 4) is 5.69 Å². The fourth-order valence-electron chi connectivity index (χ4n) is 4.16. The first kappa shape index (κ1) is 21.3. The number of aromatic nitrogens is 2. The minimum atomic E-state index is -3.90. The minimum absolute atomic E-state index is 0.196. The quantitative estimate of drug-likeness (QED) is 0.679. The number of nitrogens with one attached hydrogen (secondary N) is 1. The molecule has 3 aromatic rings. The molecule has 1 atom stereocenters. The zero-order valence-electron chi connectivity index (χ0n) is 18.1. The molecule has 7 nitrogen and oxygen atoms in total. The topological polar surface area (TPSA) is 84.3 Å². The third kappa shape index (κ3) is 3.66. The number of nitrogens with zero attached hydrogens (tertiary/aromatic N) is 3. The molecule has 2 heterocycles. The van der Waals surface area contributed by atoms with Gasteiger partial charge in [-0.1, -0.05) is 30.3 Å². The van der Waals surface area contributed by atoms with Crippen molar-refractivity contribution in [2.24, 2.45) is 0 Å². The normalized spacial score (nSPS) is 17.5. The highest BCUT2D eigenvalue weighted by atomic mass is 32.2. The number of benzene rings is 2. The maximum absolute atomic E-state index is 13.7. The predicted molar refractivity (Wildman–Crippen MR) is 119 cm³/mol. The van der Waals surface area contributed by atoms with Gasteiger partial charge in [0.05, 0.1) is 16.3 Å². The highest BCUT2D eigenvalue weighted by Crippen LogP contribution is 2.35. The average Bonchev–Trinajstić information content (AvgIpc) is 3.04. The van der Waals surface area contributed by atoms with Crippen LogP contribution in [0.2, 0.25) is 0 Å². The van der Waals surface area contributed by atoms with Crippen molar-refractivity contribution in [1.82, 2.24) is 19.4 Å². The van der Waals surface area contributed by atoms with Gasteiger partial charge in [0.1, 0.15) is 6.04 Å². The highest BCUT2D eigenvalue weighted by Gasteiger charge is 2.42. The van der Waals surface area contributed by atoms with E-state index in [-0.39, 0.29) is 23.9 Å². The van der Waals surface area contributed by atoms with Crippen LogP contribution >= 0.6 is 0 Å². The van der Waals surface area contributed by atoms with Gasteiger partial charge in [-0.05, 0) is 57.0 Å². The molecule has 1 saturated heterocycles. The van der Waals surface area contributed by atoms with Crippen LogP contribution in [0.3, 0.4) is 0 Å². The number of amides is 1. The molecular formula is C23H26N4O3S. The Morgan fingerprint density at radius 2 is 1.74 bits per heavy atom. The van der Waals surface area contributed by atoms with Crippen molar-refractivity contribution in [2.45, 2.75) is 38.6 Å². The summed E-state index contributed by atoms with van der Waals surface area (Å²) in [6.07, 6.45) is 0. The van der Waals surface area contributed by atoms with Crippen molar-refractivity contribution in [2.75, 3.05) is 13.1 Å². The van der Waals surface area contributed by atoms with Gasteiger partial charge in [0, 0.05) is 24.3 Å². The summed E-state index contributed by atoms with van der Waals surface area (Å²) >= 11 is 0. The molecule has 0 spiro atoms. The Bertz CT molecular complexity index is 1250. The van der Waals surface area contributed by atoms with Crippen molar-refractivity contribution >= 4 is 15.9 Å². The maximum atomic E-state index is 13.7. The number of hydrogen-bond donors (Lipinski definition) is 1. The lowest BCUT2D eigenvalue weighted by atomic mass is 10.0. The Labute approximate surface area is 182 Å². The molecule has 4 rings (SSSR count). The first-order valence-electron chi connectivity index (χ1n) is 10.2. The van der Waals surface area contributed by atoms with Gasteiger partial charge in [0.25, 0.3) is 0 Å². The Hall–Kier alpha value is -2.97. The maximum Gasteiger partial charge on any atom is 0.244 e. The number of rotatable bonds is 4. The Morgan fingerprint density at radius 3 is 2.45 bits per heavy atom. The minimum Gasteiger partial charge on any atom is -0.353 e. The second-order valence-electron chi connectivity index (χ2n) is 7.91. The molecule has 1 aliphatic rings. The molecule has 0 aliphatic carbocycles. The molecule has 162 valence electrons. The second kappa shape index (κ2) is 7.94. The van der Waals surface area contributed by atoms with Crippen molar-refractivity contribution in [3.05, 3.63) is 76.6 Å². The highest BCUT2D eigenvalue weighted by molar-refractivity contribution is 7.89. The molecule has 1 N–H and O–H groups in total. The standard InChI is InChI=1S/C23H26N4O3S/c1-15-10-11-16(2)20(14-15)31(29,30)26-13-12-24-23(28)22(26)21-17(3)25-27(18(21)4)19-8-6-5-7-9-19/h5-11,14,22H,12-13H2,1-4H3,(H,24,28)/t22-/m0/s1. The van der Waals surface area contributed by atoms with Gasteiger partial charge in [0.2, 0.25) is 15.9 Å².